The first-order chi connectivity index (χ1) is 8.27. The number of fused-ring (bicyclic) bond motifs is 3. The van der Waals surface area contributed by atoms with Crippen LogP contribution in [0.5, 0.6) is 0 Å². The van der Waals surface area contributed by atoms with Crippen molar-refractivity contribution in [3.8, 4) is 0 Å². The Morgan fingerprint density at radius 1 is 1.24 bits per heavy atom. The van der Waals surface area contributed by atoms with Crippen molar-refractivity contribution in [1.82, 2.24) is 4.90 Å². The summed E-state index contributed by atoms with van der Waals surface area (Å²) in [6, 6.07) is 8.94. The highest BCUT2D eigenvalue weighted by molar-refractivity contribution is 5.80. The molecule has 1 saturated heterocycles. The lowest BCUT2D eigenvalue weighted by Gasteiger charge is -2.36. The van der Waals surface area contributed by atoms with E-state index in [0.29, 0.717) is 11.9 Å². The zero-order valence-electron chi connectivity index (χ0n) is 10.4. The lowest BCUT2D eigenvalue weighted by Crippen LogP contribution is -2.40. The quantitative estimate of drug-likeness (QED) is 0.670. The molecule has 17 heavy (non-hydrogen) atoms. The van der Waals surface area contributed by atoms with Crippen LogP contribution in [0.2, 0.25) is 0 Å². The molecule has 1 amide bonds. The van der Waals surface area contributed by atoms with Gasteiger partial charge in [0.15, 0.2) is 0 Å². The van der Waals surface area contributed by atoms with Crippen LogP contribution in [0.15, 0.2) is 24.3 Å². The van der Waals surface area contributed by atoms with Gasteiger partial charge in [-0.3, -0.25) is 4.79 Å². The van der Waals surface area contributed by atoms with Crippen molar-refractivity contribution < 1.29 is 4.79 Å². The number of hydrogen-bond acceptors (Lipinski definition) is 1. The van der Waals surface area contributed by atoms with Crippen LogP contribution in [-0.4, -0.2) is 17.4 Å². The van der Waals surface area contributed by atoms with Gasteiger partial charge in [0.05, 0.1) is 6.04 Å². The van der Waals surface area contributed by atoms with Gasteiger partial charge in [-0.25, -0.2) is 0 Å². The maximum atomic E-state index is 12.4. The first-order valence-electron chi connectivity index (χ1n) is 6.65. The van der Waals surface area contributed by atoms with Gasteiger partial charge >= 0.3 is 0 Å². The number of rotatable bonds is 0. The van der Waals surface area contributed by atoms with Crippen LogP contribution in [0.3, 0.4) is 0 Å². The summed E-state index contributed by atoms with van der Waals surface area (Å²) >= 11 is 0. The van der Waals surface area contributed by atoms with Crippen molar-refractivity contribution in [2.75, 3.05) is 6.54 Å². The molecule has 2 aliphatic rings. The monoisotopic (exact) mass is 229 g/mol. The van der Waals surface area contributed by atoms with Gasteiger partial charge in [-0.05, 0) is 36.8 Å². The summed E-state index contributed by atoms with van der Waals surface area (Å²) in [5.41, 5.74) is 2.77. The summed E-state index contributed by atoms with van der Waals surface area (Å²) in [6.45, 7) is 3.01. The zero-order chi connectivity index (χ0) is 11.8. The molecule has 0 bridgehead atoms. The van der Waals surface area contributed by atoms with E-state index < -0.39 is 0 Å². The molecule has 0 spiro atoms. The second-order valence-corrected chi connectivity index (χ2v) is 5.35. The second-order valence-electron chi connectivity index (χ2n) is 5.35. The SMILES string of the molecule is CC1Cc2ccccc2C2CCCCN2C1=O. The molecule has 2 heteroatoms. The minimum atomic E-state index is 0.138. The van der Waals surface area contributed by atoms with Crippen LogP contribution in [-0.2, 0) is 11.2 Å². The van der Waals surface area contributed by atoms with E-state index in [9.17, 15) is 4.79 Å². The molecule has 3 rings (SSSR count). The number of nitrogens with zero attached hydrogens (tertiary/aromatic N) is 1. The third-order valence-electron chi connectivity index (χ3n) is 4.15. The highest BCUT2D eigenvalue weighted by atomic mass is 16.2. The van der Waals surface area contributed by atoms with Crippen molar-refractivity contribution in [2.45, 2.75) is 38.6 Å². The lowest BCUT2D eigenvalue weighted by molar-refractivity contribution is -0.138. The Kier molecular flexibility index (Phi) is 2.65. The average Bonchev–Trinajstić information content (AvgIpc) is 2.48. The van der Waals surface area contributed by atoms with Crippen molar-refractivity contribution in [3.63, 3.8) is 0 Å². The number of carbonyl (C=O) groups is 1. The van der Waals surface area contributed by atoms with Crippen molar-refractivity contribution in [3.05, 3.63) is 35.4 Å². The third-order valence-corrected chi connectivity index (χ3v) is 4.15. The van der Waals surface area contributed by atoms with E-state index in [-0.39, 0.29) is 5.92 Å². The van der Waals surface area contributed by atoms with E-state index in [1.54, 1.807) is 0 Å². The molecule has 2 aliphatic heterocycles. The van der Waals surface area contributed by atoms with Gasteiger partial charge in [0, 0.05) is 12.5 Å². The zero-order valence-corrected chi connectivity index (χ0v) is 10.4. The van der Waals surface area contributed by atoms with Gasteiger partial charge in [-0.2, -0.15) is 0 Å². The van der Waals surface area contributed by atoms with Gasteiger partial charge in [0.1, 0.15) is 0 Å². The molecule has 0 saturated carbocycles. The summed E-state index contributed by atoms with van der Waals surface area (Å²) < 4.78 is 0. The summed E-state index contributed by atoms with van der Waals surface area (Å²) in [5, 5.41) is 0. The first-order valence-corrected chi connectivity index (χ1v) is 6.65. The van der Waals surface area contributed by atoms with Crippen LogP contribution >= 0.6 is 0 Å². The molecule has 1 aromatic carbocycles. The molecule has 1 fully saturated rings. The standard InChI is InChI=1S/C15H19NO/c1-11-10-12-6-2-3-7-13(12)14-8-4-5-9-16(14)15(11)17/h2-3,6-7,11,14H,4-5,8-10H2,1H3. The van der Waals surface area contributed by atoms with Gasteiger partial charge in [0.25, 0.3) is 0 Å². The molecule has 2 nitrogen and oxygen atoms in total. The van der Waals surface area contributed by atoms with E-state index in [2.05, 4.69) is 36.1 Å². The Balaban J connectivity index is 2.07. The number of carbonyl (C=O) groups excluding carboxylic acids is 1. The fourth-order valence-electron chi connectivity index (χ4n) is 3.26. The Morgan fingerprint density at radius 2 is 2.06 bits per heavy atom. The van der Waals surface area contributed by atoms with Crippen LogP contribution in [0.4, 0.5) is 0 Å². The third kappa shape index (κ3) is 1.76. The van der Waals surface area contributed by atoms with E-state index in [4.69, 9.17) is 0 Å². The molecule has 0 radical (unpaired) electrons. The Morgan fingerprint density at radius 3 is 2.94 bits per heavy atom. The topological polar surface area (TPSA) is 20.3 Å². The van der Waals surface area contributed by atoms with Crippen LogP contribution in [0.1, 0.15) is 43.4 Å². The summed E-state index contributed by atoms with van der Waals surface area (Å²) in [4.78, 5) is 14.5. The van der Waals surface area contributed by atoms with Gasteiger partial charge < -0.3 is 4.90 Å². The predicted octanol–water partition coefficient (Wildman–Crippen LogP) is 2.93. The molecule has 0 N–H and O–H groups in total. The first kappa shape index (κ1) is 10.8. The minimum absolute atomic E-state index is 0.138. The van der Waals surface area contributed by atoms with Crippen molar-refractivity contribution >= 4 is 5.91 Å². The average molecular weight is 229 g/mol. The molecule has 0 aromatic heterocycles. The molecular formula is C15H19NO. The summed E-state index contributed by atoms with van der Waals surface area (Å²) in [7, 11) is 0. The molecule has 2 heterocycles. The summed E-state index contributed by atoms with van der Waals surface area (Å²) in [6.07, 6.45) is 4.45. The van der Waals surface area contributed by atoms with Crippen LogP contribution in [0.25, 0.3) is 0 Å². The Hall–Kier alpha value is -1.31. The van der Waals surface area contributed by atoms with Crippen molar-refractivity contribution in [2.24, 2.45) is 5.92 Å². The molecule has 1 aromatic rings. The number of hydrogen-bond donors (Lipinski definition) is 0. The van der Waals surface area contributed by atoms with Crippen LogP contribution < -0.4 is 0 Å². The molecule has 0 aliphatic carbocycles. The molecule has 2 unspecified atom stereocenters. The highest BCUT2D eigenvalue weighted by Crippen LogP contribution is 2.37. The smallest absolute Gasteiger partial charge is 0.226 e. The maximum absolute atomic E-state index is 12.4. The Labute approximate surface area is 103 Å². The fourth-order valence-corrected chi connectivity index (χ4v) is 3.26. The highest BCUT2D eigenvalue weighted by Gasteiger charge is 2.34. The number of benzene rings is 1. The van der Waals surface area contributed by atoms with E-state index >= 15 is 0 Å². The largest absolute Gasteiger partial charge is 0.335 e. The minimum Gasteiger partial charge on any atom is -0.335 e. The number of amides is 1. The van der Waals surface area contributed by atoms with Gasteiger partial charge in [-0.15, -0.1) is 0 Å². The van der Waals surface area contributed by atoms with Crippen LogP contribution in [0, 0.1) is 5.92 Å². The van der Waals surface area contributed by atoms with E-state index in [1.807, 2.05) is 0 Å². The molecule has 90 valence electrons. The second kappa shape index (κ2) is 4.17. The maximum Gasteiger partial charge on any atom is 0.226 e. The summed E-state index contributed by atoms with van der Waals surface area (Å²) in [5.74, 6) is 0.491. The lowest BCUT2D eigenvalue weighted by atomic mass is 9.92. The number of piperidine rings is 1. The molecule has 2 atom stereocenters. The van der Waals surface area contributed by atoms with Crippen molar-refractivity contribution in [1.29, 1.82) is 0 Å². The normalized spacial score (nSPS) is 28.3. The fraction of sp³-hybridized carbons (Fsp3) is 0.533. The predicted molar refractivity (Wildman–Crippen MR) is 67.6 cm³/mol. The van der Waals surface area contributed by atoms with E-state index in [1.165, 1.54) is 17.5 Å². The molecular weight excluding hydrogens is 210 g/mol. The van der Waals surface area contributed by atoms with Gasteiger partial charge in [-0.1, -0.05) is 31.2 Å². The van der Waals surface area contributed by atoms with Gasteiger partial charge in [0.2, 0.25) is 5.91 Å². The Bertz CT molecular complexity index is 440. The van der Waals surface area contributed by atoms with E-state index in [0.717, 1.165) is 25.8 Å².